The van der Waals surface area contributed by atoms with Crippen LogP contribution in [0.1, 0.15) is 187 Å². The number of allylic oxidation sites excluding steroid dienone is 4. The van der Waals surface area contributed by atoms with Crippen LogP contribution in [0.4, 0.5) is 0 Å². The number of carbonyl (C=O) groups is 1. The van der Waals surface area contributed by atoms with E-state index in [0.717, 1.165) is 57.8 Å². The summed E-state index contributed by atoms with van der Waals surface area (Å²) in [4.78, 5) is 13.0. The first-order chi connectivity index (χ1) is 26.3. The van der Waals surface area contributed by atoms with E-state index in [-0.39, 0.29) is 18.9 Å². The number of amides is 1. The number of aliphatic hydroxyl groups is 6. The molecular weight excluding hydrogens is 686 g/mol. The maximum atomic E-state index is 13.0. The highest BCUT2D eigenvalue weighted by molar-refractivity contribution is 5.76. The number of ether oxygens (including phenoxy) is 2. The van der Waals surface area contributed by atoms with Gasteiger partial charge in [-0.05, 0) is 44.9 Å². The first-order valence-electron chi connectivity index (χ1n) is 22.1. The molecule has 0 aromatic rings. The SMILES string of the molecule is CCCCCC=CCC=CCCCCCCCCCC(=O)N[C@@H](COC1OC(CO)C(O)C(O)C1O)[C@H](O)[C@H](O)CCCCCCCCCCCCCC. The van der Waals surface area contributed by atoms with Gasteiger partial charge < -0.3 is 45.4 Å². The minimum absolute atomic E-state index is 0.267. The van der Waals surface area contributed by atoms with Gasteiger partial charge in [0.2, 0.25) is 5.91 Å². The topological polar surface area (TPSA) is 169 Å². The Labute approximate surface area is 329 Å². The molecule has 0 spiro atoms. The lowest BCUT2D eigenvalue weighted by Crippen LogP contribution is -2.60. The molecule has 1 saturated heterocycles. The van der Waals surface area contributed by atoms with Gasteiger partial charge in [0.15, 0.2) is 6.29 Å². The Morgan fingerprint density at radius 3 is 1.69 bits per heavy atom. The molecule has 0 aromatic carbocycles. The lowest BCUT2D eigenvalue weighted by atomic mass is 9.98. The van der Waals surface area contributed by atoms with E-state index in [1.807, 2.05) is 0 Å². The van der Waals surface area contributed by atoms with Crippen molar-refractivity contribution in [2.24, 2.45) is 0 Å². The Kier molecular flexibility index (Phi) is 32.7. The van der Waals surface area contributed by atoms with Crippen molar-refractivity contribution in [3.63, 3.8) is 0 Å². The zero-order valence-corrected chi connectivity index (χ0v) is 34.3. The van der Waals surface area contributed by atoms with Crippen molar-refractivity contribution in [3.05, 3.63) is 24.3 Å². The largest absolute Gasteiger partial charge is 0.394 e. The van der Waals surface area contributed by atoms with Gasteiger partial charge >= 0.3 is 0 Å². The highest BCUT2D eigenvalue weighted by Gasteiger charge is 2.44. The summed E-state index contributed by atoms with van der Waals surface area (Å²) < 4.78 is 11.1. The van der Waals surface area contributed by atoms with Gasteiger partial charge in [-0.1, -0.05) is 160 Å². The van der Waals surface area contributed by atoms with Gasteiger partial charge in [0.25, 0.3) is 0 Å². The highest BCUT2D eigenvalue weighted by Crippen LogP contribution is 2.23. The second-order valence-corrected chi connectivity index (χ2v) is 15.6. The van der Waals surface area contributed by atoms with Gasteiger partial charge in [-0.2, -0.15) is 0 Å². The molecule has 0 aromatic heterocycles. The molecular formula is C44H83NO9. The number of rotatable bonds is 36. The van der Waals surface area contributed by atoms with E-state index >= 15 is 0 Å². The normalized spacial score (nSPS) is 22.3. The molecule has 1 rings (SSSR count). The van der Waals surface area contributed by atoms with Gasteiger partial charge in [-0.15, -0.1) is 0 Å². The molecule has 318 valence electrons. The highest BCUT2D eigenvalue weighted by atomic mass is 16.7. The zero-order valence-electron chi connectivity index (χ0n) is 34.3. The van der Waals surface area contributed by atoms with E-state index in [9.17, 15) is 35.4 Å². The first kappa shape index (κ1) is 50.6. The van der Waals surface area contributed by atoms with Crippen LogP contribution in [0.25, 0.3) is 0 Å². The third-order valence-electron chi connectivity index (χ3n) is 10.6. The minimum Gasteiger partial charge on any atom is -0.394 e. The van der Waals surface area contributed by atoms with Gasteiger partial charge in [-0.3, -0.25) is 4.79 Å². The summed E-state index contributed by atoms with van der Waals surface area (Å²) in [7, 11) is 0. The van der Waals surface area contributed by atoms with E-state index in [4.69, 9.17) is 9.47 Å². The maximum Gasteiger partial charge on any atom is 0.220 e. The molecule has 8 atom stereocenters. The monoisotopic (exact) mass is 770 g/mol. The Bertz CT molecular complexity index is 916. The van der Waals surface area contributed by atoms with Crippen LogP contribution in [0.15, 0.2) is 24.3 Å². The van der Waals surface area contributed by atoms with E-state index in [1.165, 1.54) is 96.3 Å². The van der Waals surface area contributed by atoms with Gasteiger partial charge in [0, 0.05) is 6.42 Å². The van der Waals surface area contributed by atoms with Crippen molar-refractivity contribution in [2.75, 3.05) is 13.2 Å². The van der Waals surface area contributed by atoms with Crippen molar-refractivity contribution >= 4 is 5.91 Å². The van der Waals surface area contributed by atoms with Crippen molar-refractivity contribution in [3.8, 4) is 0 Å². The third-order valence-corrected chi connectivity index (χ3v) is 10.6. The Morgan fingerprint density at radius 1 is 0.648 bits per heavy atom. The average Bonchev–Trinajstić information content (AvgIpc) is 3.17. The lowest BCUT2D eigenvalue weighted by Gasteiger charge is -2.40. The molecule has 1 aliphatic heterocycles. The van der Waals surface area contributed by atoms with Crippen LogP contribution in [0.5, 0.6) is 0 Å². The van der Waals surface area contributed by atoms with Gasteiger partial charge in [-0.25, -0.2) is 0 Å². The molecule has 0 bridgehead atoms. The molecule has 7 N–H and O–H groups in total. The van der Waals surface area contributed by atoms with Crippen LogP contribution in [0.3, 0.4) is 0 Å². The lowest BCUT2D eigenvalue weighted by molar-refractivity contribution is -0.303. The molecule has 54 heavy (non-hydrogen) atoms. The van der Waals surface area contributed by atoms with Crippen molar-refractivity contribution < 1.29 is 44.9 Å². The molecule has 10 heteroatoms. The fourth-order valence-corrected chi connectivity index (χ4v) is 6.99. The van der Waals surface area contributed by atoms with Crippen LogP contribution in [0.2, 0.25) is 0 Å². The summed E-state index contributed by atoms with van der Waals surface area (Å²) in [6, 6.07) is -0.993. The fourth-order valence-electron chi connectivity index (χ4n) is 6.99. The molecule has 0 radical (unpaired) electrons. The molecule has 1 amide bonds. The molecule has 1 heterocycles. The minimum atomic E-state index is -1.61. The van der Waals surface area contributed by atoms with Crippen molar-refractivity contribution in [1.82, 2.24) is 5.32 Å². The number of carbonyl (C=O) groups excluding carboxylic acids is 1. The van der Waals surface area contributed by atoms with Crippen LogP contribution in [-0.2, 0) is 14.3 Å². The number of aliphatic hydroxyl groups excluding tert-OH is 6. The van der Waals surface area contributed by atoms with Crippen molar-refractivity contribution in [2.45, 2.75) is 236 Å². The number of unbranched alkanes of at least 4 members (excludes halogenated alkanes) is 21. The molecule has 5 unspecified atom stereocenters. The zero-order chi connectivity index (χ0) is 39.7. The molecule has 0 saturated carbocycles. The molecule has 1 aliphatic rings. The fraction of sp³-hybridized carbons (Fsp3) is 0.886. The second-order valence-electron chi connectivity index (χ2n) is 15.6. The molecule has 10 nitrogen and oxygen atoms in total. The van der Waals surface area contributed by atoms with E-state index in [1.54, 1.807) is 0 Å². The Hall–Kier alpha value is -1.37. The average molecular weight is 770 g/mol. The van der Waals surface area contributed by atoms with Gasteiger partial charge in [0.1, 0.15) is 30.5 Å². The maximum absolute atomic E-state index is 13.0. The third kappa shape index (κ3) is 25.0. The first-order valence-corrected chi connectivity index (χ1v) is 22.1. The summed E-state index contributed by atoms with van der Waals surface area (Å²) in [5, 5.41) is 65.0. The van der Waals surface area contributed by atoms with E-state index in [2.05, 4.69) is 43.5 Å². The summed E-state index contributed by atoms with van der Waals surface area (Å²) in [5.74, 6) is -0.267. The summed E-state index contributed by atoms with van der Waals surface area (Å²) >= 11 is 0. The van der Waals surface area contributed by atoms with Gasteiger partial charge in [0.05, 0.1) is 25.4 Å². The van der Waals surface area contributed by atoms with Crippen LogP contribution in [0, 0.1) is 0 Å². The standard InChI is InChI=1S/C44H83NO9/c1-3-5-7-9-11-13-15-17-18-19-20-21-23-25-27-29-31-33-39(48)45-36(35-53-44-43(52)42(51)41(50)38(34-46)54-44)40(49)37(47)32-30-28-26-24-22-16-14-12-10-8-6-4-2/h11,13,17-18,36-38,40-44,46-47,49-52H,3-10,12,14-16,19-35H2,1-2H3,(H,45,48)/t36-,37+,38?,40-,41?,42?,43?,44?/m0/s1. The summed E-state index contributed by atoms with van der Waals surface area (Å²) in [6.45, 7) is 3.56. The number of hydrogen-bond acceptors (Lipinski definition) is 9. The molecule has 1 fully saturated rings. The Balaban J connectivity index is 2.42. The predicted molar refractivity (Wildman–Crippen MR) is 218 cm³/mol. The molecule has 0 aliphatic carbocycles. The van der Waals surface area contributed by atoms with Crippen LogP contribution >= 0.6 is 0 Å². The van der Waals surface area contributed by atoms with E-state index in [0.29, 0.717) is 12.8 Å². The van der Waals surface area contributed by atoms with E-state index < -0.39 is 55.6 Å². The quantitative estimate of drug-likeness (QED) is 0.0250. The number of nitrogens with one attached hydrogen (secondary N) is 1. The van der Waals surface area contributed by atoms with Crippen LogP contribution in [-0.4, -0.2) is 98.7 Å². The number of hydrogen-bond donors (Lipinski definition) is 7. The second kappa shape index (κ2) is 34.8. The summed E-state index contributed by atoms with van der Waals surface area (Å²) in [5.41, 5.74) is 0. The van der Waals surface area contributed by atoms with Crippen molar-refractivity contribution in [1.29, 1.82) is 0 Å². The predicted octanol–water partition coefficient (Wildman–Crippen LogP) is 7.69. The summed E-state index contributed by atoms with van der Waals surface area (Å²) in [6.07, 6.45) is 28.9. The van der Waals surface area contributed by atoms with Crippen LogP contribution < -0.4 is 5.32 Å². The Morgan fingerprint density at radius 2 is 1.13 bits per heavy atom. The smallest absolute Gasteiger partial charge is 0.220 e.